The van der Waals surface area contributed by atoms with Gasteiger partial charge in [0.25, 0.3) is 0 Å². The molecular formula is C27H34FN3O3. The van der Waals surface area contributed by atoms with E-state index in [1.165, 1.54) is 12.1 Å². The second-order valence-electron chi connectivity index (χ2n) is 9.86. The van der Waals surface area contributed by atoms with Crippen LogP contribution in [-0.2, 0) is 4.79 Å². The van der Waals surface area contributed by atoms with Crippen molar-refractivity contribution in [2.24, 2.45) is 5.92 Å². The van der Waals surface area contributed by atoms with E-state index in [0.29, 0.717) is 19.2 Å². The SMILES string of the molecule is O=C(N[C@H](CN1CCCC1)[C@H](O)c1ccc(OC2CC2)cc1)C1CCN(c2ccc(F)cc2)C1. The van der Waals surface area contributed by atoms with Crippen LogP contribution in [0.5, 0.6) is 5.75 Å². The first kappa shape index (κ1) is 23.1. The number of aliphatic hydroxyl groups is 1. The quantitative estimate of drug-likeness (QED) is 0.591. The minimum Gasteiger partial charge on any atom is -0.490 e. The van der Waals surface area contributed by atoms with Crippen LogP contribution < -0.4 is 15.0 Å². The lowest BCUT2D eigenvalue weighted by molar-refractivity contribution is -0.126. The van der Waals surface area contributed by atoms with Crippen molar-refractivity contribution in [3.05, 3.63) is 59.9 Å². The standard InChI is InChI=1S/C27H34FN3O3/c28-21-5-7-22(8-6-21)31-16-13-20(17-31)27(33)29-25(18-30-14-1-2-15-30)26(32)19-3-9-23(10-4-19)34-24-11-12-24/h3-10,20,24-26,32H,1-2,11-18H2,(H,29,33)/t20?,25-,26-/m1/s1. The molecule has 182 valence electrons. The average molecular weight is 468 g/mol. The summed E-state index contributed by atoms with van der Waals surface area (Å²) in [4.78, 5) is 17.7. The van der Waals surface area contributed by atoms with E-state index in [4.69, 9.17) is 4.74 Å². The molecule has 1 amide bonds. The first-order valence-corrected chi connectivity index (χ1v) is 12.5. The summed E-state index contributed by atoms with van der Waals surface area (Å²) in [6.45, 7) is 3.97. The molecular weight excluding hydrogens is 433 g/mol. The molecule has 2 aromatic carbocycles. The maximum Gasteiger partial charge on any atom is 0.225 e. The number of carbonyl (C=O) groups is 1. The van der Waals surface area contributed by atoms with Crippen LogP contribution in [-0.4, -0.2) is 60.8 Å². The van der Waals surface area contributed by atoms with E-state index in [1.807, 2.05) is 24.3 Å². The van der Waals surface area contributed by atoms with E-state index in [-0.39, 0.29) is 23.7 Å². The Hall–Kier alpha value is -2.64. The van der Waals surface area contributed by atoms with Gasteiger partial charge in [-0.2, -0.15) is 0 Å². The molecule has 0 bridgehead atoms. The average Bonchev–Trinajstić information content (AvgIpc) is 3.29. The summed E-state index contributed by atoms with van der Waals surface area (Å²) in [7, 11) is 0. The number of hydrogen-bond acceptors (Lipinski definition) is 5. The molecule has 0 spiro atoms. The molecule has 2 heterocycles. The summed E-state index contributed by atoms with van der Waals surface area (Å²) in [5.74, 6) is 0.378. The number of nitrogens with zero attached hydrogens (tertiary/aromatic N) is 2. The molecule has 3 atom stereocenters. The van der Waals surface area contributed by atoms with Crippen molar-refractivity contribution < 1.29 is 19.0 Å². The number of benzene rings is 2. The summed E-state index contributed by atoms with van der Waals surface area (Å²) < 4.78 is 19.1. The third kappa shape index (κ3) is 5.70. The van der Waals surface area contributed by atoms with Crippen LogP contribution in [0.15, 0.2) is 48.5 Å². The molecule has 6 nitrogen and oxygen atoms in total. The highest BCUT2D eigenvalue weighted by Gasteiger charge is 2.33. The third-order valence-electron chi connectivity index (χ3n) is 7.16. The summed E-state index contributed by atoms with van der Waals surface area (Å²) >= 11 is 0. The Morgan fingerprint density at radius 2 is 1.74 bits per heavy atom. The maximum absolute atomic E-state index is 13.3. The van der Waals surface area contributed by atoms with Crippen molar-refractivity contribution in [3.8, 4) is 5.75 Å². The van der Waals surface area contributed by atoms with E-state index in [1.54, 1.807) is 12.1 Å². The highest BCUT2D eigenvalue weighted by molar-refractivity contribution is 5.80. The van der Waals surface area contributed by atoms with Crippen LogP contribution in [0.3, 0.4) is 0 Å². The van der Waals surface area contributed by atoms with Crippen molar-refractivity contribution in [2.45, 2.75) is 50.4 Å². The monoisotopic (exact) mass is 467 g/mol. The molecule has 0 aromatic heterocycles. The van der Waals surface area contributed by atoms with Crippen molar-refractivity contribution in [1.82, 2.24) is 10.2 Å². The third-order valence-corrected chi connectivity index (χ3v) is 7.16. The van der Waals surface area contributed by atoms with Gasteiger partial charge in [-0.3, -0.25) is 4.79 Å². The number of carbonyl (C=O) groups excluding carboxylic acids is 1. The second-order valence-corrected chi connectivity index (χ2v) is 9.86. The first-order valence-electron chi connectivity index (χ1n) is 12.5. The number of amides is 1. The lowest BCUT2D eigenvalue weighted by Crippen LogP contribution is -2.48. The molecule has 7 heteroatoms. The molecule has 2 aliphatic heterocycles. The number of likely N-dealkylation sites (tertiary alicyclic amines) is 1. The number of halogens is 1. The largest absolute Gasteiger partial charge is 0.490 e. The fourth-order valence-electron chi connectivity index (χ4n) is 4.98. The van der Waals surface area contributed by atoms with Gasteiger partial charge in [0.15, 0.2) is 0 Å². The van der Waals surface area contributed by atoms with Gasteiger partial charge in [0.2, 0.25) is 5.91 Å². The topological polar surface area (TPSA) is 65.0 Å². The molecule has 1 aliphatic carbocycles. The normalized spacial score (nSPS) is 22.5. The van der Waals surface area contributed by atoms with E-state index in [2.05, 4.69) is 15.1 Å². The van der Waals surface area contributed by atoms with Crippen LogP contribution in [0.2, 0.25) is 0 Å². The molecule has 0 radical (unpaired) electrons. The maximum atomic E-state index is 13.3. The summed E-state index contributed by atoms with van der Waals surface area (Å²) in [5, 5.41) is 14.4. The van der Waals surface area contributed by atoms with Gasteiger partial charge in [0, 0.05) is 25.3 Å². The van der Waals surface area contributed by atoms with Gasteiger partial charge in [-0.15, -0.1) is 0 Å². The zero-order valence-electron chi connectivity index (χ0n) is 19.5. The van der Waals surface area contributed by atoms with Crippen LogP contribution in [0.1, 0.15) is 43.8 Å². The zero-order chi connectivity index (χ0) is 23.5. The number of aliphatic hydroxyl groups excluding tert-OH is 1. The molecule has 3 aliphatic rings. The number of ether oxygens (including phenoxy) is 1. The summed E-state index contributed by atoms with van der Waals surface area (Å²) in [5.41, 5.74) is 1.71. The van der Waals surface area contributed by atoms with Crippen LogP contribution in [0.4, 0.5) is 10.1 Å². The Labute approximate surface area is 200 Å². The highest BCUT2D eigenvalue weighted by Crippen LogP contribution is 2.29. The van der Waals surface area contributed by atoms with Crippen molar-refractivity contribution in [3.63, 3.8) is 0 Å². The van der Waals surface area contributed by atoms with E-state index in [0.717, 1.165) is 68.7 Å². The number of rotatable bonds is 9. The van der Waals surface area contributed by atoms with Gasteiger partial charge < -0.3 is 25.0 Å². The minimum atomic E-state index is -0.797. The predicted octanol–water partition coefficient (Wildman–Crippen LogP) is 3.51. The zero-order valence-corrected chi connectivity index (χ0v) is 19.5. The fraction of sp³-hybridized carbons (Fsp3) is 0.519. The van der Waals surface area contributed by atoms with Gasteiger partial charge in [0.05, 0.1) is 18.1 Å². The summed E-state index contributed by atoms with van der Waals surface area (Å²) in [6, 6.07) is 13.6. The second kappa shape index (κ2) is 10.3. The van der Waals surface area contributed by atoms with Crippen molar-refractivity contribution >= 4 is 11.6 Å². The molecule has 2 saturated heterocycles. The molecule has 1 saturated carbocycles. The Balaban J connectivity index is 1.23. The molecule has 2 aromatic rings. The van der Waals surface area contributed by atoms with Crippen molar-refractivity contribution in [2.75, 3.05) is 37.6 Å². The predicted molar refractivity (Wildman–Crippen MR) is 129 cm³/mol. The molecule has 2 N–H and O–H groups in total. The smallest absolute Gasteiger partial charge is 0.225 e. The van der Waals surface area contributed by atoms with Gasteiger partial charge in [-0.25, -0.2) is 4.39 Å². The van der Waals surface area contributed by atoms with Gasteiger partial charge in [-0.05, 0) is 87.2 Å². The lowest BCUT2D eigenvalue weighted by Gasteiger charge is -2.30. The van der Waals surface area contributed by atoms with E-state index < -0.39 is 6.10 Å². The number of anilines is 1. The van der Waals surface area contributed by atoms with Crippen LogP contribution in [0.25, 0.3) is 0 Å². The van der Waals surface area contributed by atoms with Gasteiger partial charge in [-0.1, -0.05) is 12.1 Å². The Morgan fingerprint density at radius 1 is 1.03 bits per heavy atom. The van der Waals surface area contributed by atoms with Gasteiger partial charge in [0.1, 0.15) is 17.7 Å². The minimum absolute atomic E-state index is 0.0263. The Morgan fingerprint density at radius 3 is 2.41 bits per heavy atom. The summed E-state index contributed by atoms with van der Waals surface area (Å²) in [6.07, 6.45) is 4.79. The van der Waals surface area contributed by atoms with Crippen LogP contribution >= 0.6 is 0 Å². The Kier molecular flexibility index (Phi) is 7.02. The Bertz CT molecular complexity index is 958. The molecule has 34 heavy (non-hydrogen) atoms. The van der Waals surface area contributed by atoms with E-state index >= 15 is 0 Å². The van der Waals surface area contributed by atoms with Crippen LogP contribution in [0, 0.1) is 11.7 Å². The lowest BCUT2D eigenvalue weighted by atomic mass is 10.00. The van der Waals surface area contributed by atoms with E-state index in [9.17, 15) is 14.3 Å². The van der Waals surface area contributed by atoms with Gasteiger partial charge >= 0.3 is 0 Å². The number of hydrogen-bond donors (Lipinski definition) is 2. The van der Waals surface area contributed by atoms with Crippen molar-refractivity contribution in [1.29, 1.82) is 0 Å². The molecule has 3 fully saturated rings. The number of nitrogens with one attached hydrogen (secondary N) is 1. The molecule has 1 unspecified atom stereocenters. The highest BCUT2D eigenvalue weighted by atomic mass is 19.1. The molecule has 5 rings (SSSR count). The first-order chi connectivity index (χ1) is 16.5. The fourth-order valence-corrected chi connectivity index (χ4v) is 4.98.